The minimum absolute atomic E-state index is 0.381. The number of rotatable bonds is 4. The maximum atomic E-state index is 3.58. The SMILES string of the molecule is CNC(Cc1cccc2ccccc12)C1(C)CCCS1. The van der Waals surface area contributed by atoms with E-state index in [2.05, 4.69) is 73.5 Å². The summed E-state index contributed by atoms with van der Waals surface area (Å²) in [4.78, 5) is 0. The average molecular weight is 285 g/mol. The summed E-state index contributed by atoms with van der Waals surface area (Å²) in [6, 6.07) is 16.0. The molecular weight excluding hydrogens is 262 g/mol. The summed E-state index contributed by atoms with van der Waals surface area (Å²) < 4.78 is 0.381. The van der Waals surface area contributed by atoms with Gasteiger partial charge in [0.25, 0.3) is 0 Å². The fourth-order valence-corrected chi connectivity index (χ4v) is 4.84. The van der Waals surface area contributed by atoms with Gasteiger partial charge in [-0.3, -0.25) is 0 Å². The molecule has 0 aliphatic carbocycles. The minimum atomic E-state index is 0.381. The second-order valence-electron chi connectivity index (χ2n) is 5.95. The molecule has 1 aliphatic heterocycles. The van der Waals surface area contributed by atoms with Gasteiger partial charge in [-0.2, -0.15) is 11.8 Å². The molecule has 3 rings (SSSR count). The summed E-state index contributed by atoms with van der Waals surface area (Å²) in [5.74, 6) is 1.31. The Morgan fingerprint density at radius 2 is 2.00 bits per heavy atom. The molecule has 0 radical (unpaired) electrons. The van der Waals surface area contributed by atoms with Crippen molar-refractivity contribution >= 4 is 22.5 Å². The number of thioether (sulfide) groups is 1. The highest BCUT2D eigenvalue weighted by molar-refractivity contribution is 8.00. The molecule has 1 fully saturated rings. The average Bonchev–Trinajstić information content (AvgIpc) is 2.92. The lowest BCUT2D eigenvalue weighted by molar-refractivity contribution is 0.425. The molecule has 20 heavy (non-hydrogen) atoms. The van der Waals surface area contributed by atoms with Gasteiger partial charge in [0.15, 0.2) is 0 Å². The largest absolute Gasteiger partial charge is 0.315 e. The summed E-state index contributed by atoms with van der Waals surface area (Å²) >= 11 is 2.14. The van der Waals surface area contributed by atoms with Gasteiger partial charge in [-0.25, -0.2) is 0 Å². The van der Waals surface area contributed by atoms with Gasteiger partial charge in [-0.15, -0.1) is 0 Å². The third kappa shape index (κ3) is 2.59. The number of nitrogens with one attached hydrogen (secondary N) is 1. The molecule has 2 aromatic carbocycles. The Morgan fingerprint density at radius 3 is 2.75 bits per heavy atom. The van der Waals surface area contributed by atoms with Crippen LogP contribution in [0.1, 0.15) is 25.3 Å². The molecule has 1 nitrogen and oxygen atoms in total. The van der Waals surface area contributed by atoms with Gasteiger partial charge < -0.3 is 5.32 Å². The van der Waals surface area contributed by atoms with E-state index in [1.165, 1.54) is 34.9 Å². The van der Waals surface area contributed by atoms with Crippen molar-refractivity contribution in [2.45, 2.75) is 37.0 Å². The van der Waals surface area contributed by atoms with Crippen LogP contribution in [0.5, 0.6) is 0 Å². The first-order valence-corrected chi connectivity index (χ1v) is 8.49. The van der Waals surface area contributed by atoms with E-state index in [4.69, 9.17) is 0 Å². The van der Waals surface area contributed by atoms with Crippen molar-refractivity contribution < 1.29 is 0 Å². The smallest absolute Gasteiger partial charge is 0.0288 e. The van der Waals surface area contributed by atoms with Crippen LogP contribution < -0.4 is 5.32 Å². The summed E-state index contributed by atoms with van der Waals surface area (Å²) in [6.07, 6.45) is 3.80. The molecule has 1 saturated heterocycles. The van der Waals surface area contributed by atoms with Crippen molar-refractivity contribution in [3.63, 3.8) is 0 Å². The van der Waals surface area contributed by atoms with Gasteiger partial charge in [0.05, 0.1) is 0 Å². The molecule has 2 unspecified atom stereocenters. The Labute approximate surface area is 126 Å². The topological polar surface area (TPSA) is 12.0 Å². The number of hydrogen-bond donors (Lipinski definition) is 1. The van der Waals surface area contributed by atoms with E-state index in [1.54, 1.807) is 0 Å². The molecule has 1 aliphatic rings. The molecular formula is C18H23NS. The Hall–Kier alpha value is -0.990. The highest BCUT2D eigenvalue weighted by Gasteiger charge is 2.37. The van der Waals surface area contributed by atoms with Crippen LogP contribution in [0.4, 0.5) is 0 Å². The quantitative estimate of drug-likeness (QED) is 0.901. The number of likely N-dealkylation sites (N-methyl/N-ethyl adjacent to an activating group) is 1. The molecule has 2 aromatic rings. The van der Waals surface area contributed by atoms with Crippen LogP contribution in [0.15, 0.2) is 42.5 Å². The van der Waals surface area contributed by atoms with Gasteiger partial charge in [-0.1, -0.05) is 42.5 Å². The van der Waals surface area contributed by atoms with Gasteiger partial charge in [-0.05, 0) is 55.3 Å². The summed E-state index contributed by atoms with van der Waals surface area (Å²) in [5.41, 5.74) is 1.47. The monoisotopic (exact) mass is 285 g/mol. The molecule has 1 heterocycles. The number of fused-ring (bicyclic) bond motifs is 1. The zero-order valence-electron chi connectivity index (χ0n) is 12.4. The summed E-state index contributed by atoms with van der Waals surface area (Å²) in [6.45, 7) is 2.43. The third-order valence-corrected chi connectivity index (χ3v) is 6.28. The molecule has 0 saturated carbocycles. The van der Waals surface area contributed by atoms with E-state index in [0.29, 0.717) is 10.8 Å². The standard InChI is InChI=1S/C18H23NS/c1-18(11-6-12-20-18)17(19-2)13-15-9-5-8-14-7-3-4-10-16(14)15/h3-5,7-10,17,19H,6,11-13H2,1-2H3. The summed E-state index contributed by atoms with van der Waals surface area (Å²) in [5, 5.41) is 6.33. The van der Waals surface area contributed by atoms with Gasteiger partial charge in [0.2, 0.25) is 0 Å². The minimum Gasteiger partial charge on any atom is -0.315 e. The first-order chi connectivity index (χ1) is 9.73. The highest BCUT2D eigenvalue weighted by atomic mass is 32.2. The molecule has 1 N–H and O–H groups in total. The van der Waals surface area contributed by atoms with E-state index in [-0.39, 0.29) is 0 Å². The highest BCUT2D eigenvalue weighted by Crippen LogP contribution is 2.41. The normalized spacial score (nSPS) is 24.1. The predicted molar refractivity (Wildman–Crippen MR) is 90.6 cm³/mol. The third-order valence-electron chi connectivity index (χ3n) is 4.64. The van der Waals surface area contributed by atoms with E-state index in [0.717, 1.165) is 6.42 Å². The zero-order chi connectivity index (χ0) is 14.0. The molecule has 0 aromatic heterocycles. The Morgan fingerprint density at radius 1 is 1.20 bits per heavy atom. The van der Waals surface area contributed by atoms with Crippen LogP contribution in [0, 0.1) is 0 Å². The van der Waals surface area contributed by atoms with Crippen LogP contribution in [0.2, 0.25) is 0 Å². The van der Waals surface area contributed by atoms with E-state index in [9.17, 15) is 0 Å². The van der Waals surface area contributed by atoms with E-state index < -0.39 is 0 Å². The van der Waals surface area contributed by atoms with Crippen LogP contribution in [0.3, 0.4) is 0 Å². The van der Waals surface area contributed by atoms with Crippen LogP contribution >= 0.6 is 11.8 Å². The fourth-order valence-electron chi connectivity index (χ4n) is 3.39. The second-order valence-corrected chi connectivity index (χ2v) is 7.58. The molecule has 2 atom stereocenters. The van der Waals surface area contributed by atoms with Crippen molar-refractivity contribution in [2.75, 3.05) is 12.8 Å². The van der Waals surface area contributed by atoms with Gasteiger partial charge >= 0.3 is 0 Å². The van der Waals surface area contributed by atoms with Gasteiger partial charge in [0.1, 0.15) is 0 Å². The maximum Gasteiger partial charge on any atom is 0.0288 e. The summed E-state index contributed by atoms with van der Waals surface area (Å²) in [7, 11) is 2.11. The number of hydrogen-bond acceptors (Lipinski definition) is 2. The second kappa shape index (κ2) is 5.79. The first-order valence-electron chi connectivity index (χ1n) is 7.51. The predicted octanol–water partition coefficient (Wildman–Crippen LogP) is 4.26. The van der Waals surface area contributed by atoms with Crippen molar-refractivity contribution in [1.82, 2.24) is 5.32 Å². The van der Waals surface area contributed by atoms with Crippen molar-refractivity contribution in [3.05, 3.63) is 48.0 Å². The van der Waals surface area contributed by atoms with Crippen LogP contribution in [0.25, 0.3) is 10.8 Å². The molecule has 106 valence electrons. The molecule has 0 spiro atoms. The molecule has 2 heteroatoms. The van der Waals surface area contributed by atoms with Gasteiger partial charge in [0, 0.05) is 10.8 Å². The lowest BCUT2D eigenvalue weighted by atomic mass is 9.89. The lowest BCUT2D eigenvalue weighted by Gasteiger charge is -2.33. The molecule has 0 amide bonds. The van der Waals surface area contributed by atoms with Crippen molar-refractivity contribution in [3.8, 4) is 0 Å². The Kier molecular flexibility index (Phi) is 4.04. The van der Waals surface area contributed by atoms with Crippen LogP contribution in [-0.2, 0) is 6.42 Å². The van der Waals surface area contributed by atoms with E-state index in [1.807, 2.05) is 0 Å². The van der Waals surface area contributed by atoms with Crippen molar-refractivity contribution in [1.29, 1.82) is 0 Å². The molecule has 0 bridgehead atoms. The maximum absolute atomic E-state index is 3.58. The van der Waals surface area contributed by atoms with Crippen LogP contribution in [-0.4, -0.2) is 23.6 Å². The van der Waals surface area contributed by atoms with Crippen molar-refractivity contribution in [2.24, 2.45) is 0 Å². The van der Waals surface area contributed by atoms with E-state index >= 15 is 0 Å². The zero-order valence-corrected chi connectivity index (χ0v) is 13.2. The first kappa shape index (κ1) is 14.0. The Balaban J connectivity index is 1.91. The Bertz CT molecular complexity index is 581. The number of benzene rings is 2. The lowest BCUT2D eigenvalue weighted by Crippen LogP contribution is -2.45. The fraction of sp³-hybridized carbons (Fsp3) is 0.444.